The Labute approximate surface area is 130 Å². The molecule has 0 amide bonds. The number of ether oxygens (including phenoxy) is 1. The maximum atomic E-state index is 12.3. The fourth-order valence-corrected chi connectivity index (χ4v) is 2.35. The van der Waals surface area contributed by atoms with E-state index in [2.05, 4.69) is 0 Å². The Balaban J connectivity index is 1.98. The number of Topliss-reactive ketones (excluding diaryl/α,β-unsaturated/α-hetero) is 1. The zero-order chi connectivity index (χ0) is 15.2. The molecule has 2 rings (SSSR count). The SMILES string of the molecule is COc1cccc(C(=O)CN(C)Cc2cccc(Cl)c2)c1. The normalized spacial score (nSPS) is 10.7. The van der Waals surface area contributed by atoms with Crippen LogP contribution in [0.2, 0.25) is 5.02 Å². The third-order valence-electron chi connectivity index (χ3n) is 3.15. The summed E-state index contributed by atoms with van der Waals surface area (Å²) in [5, 5.41) is 0.708. The third-order valence-corrected chi connectivity index (χ3v) is 3.38. The number of ketones is 1. The van der Waals surface area contributed by atoms with Crippen molar-refractivity contribution in [2.45, 2.75) is 6.54 Å². The van der Waals surface area contributed by atoms with Crippen LogP contribution in [0.4, 0.5) is 0 Å². The van der Waals surface area contributed by atoms with Crippen molar-refractivity contribution in [2.24, 2.45) is 0 Å². The molecule has 2 aromatic rings. The molecule has 3 nitrogen and oxygen atoms in total. The molecule has 4 heteroatoms. The molecule has 0 saturated heterocycles. The van der Waals surface area contributed by atoms with Gasteiger partial charge in [0.2, 0.25) is 0 Å². The molecule has 0 fully saturated rings. The zero-order valence-corrected chi connectivity index (χ0v) is 12.9. The fourth-order valence-electron chi connectivity index (χ4n) is 2.14. The summed E-state index contributed by atoms with van der Waals surface area (Å²) >= 11 is 5.96. The Morgan fingerprint density at radius 2 is 1.95 bits per heavy atom. The van der Waals surface area contributed by atoms with Gasteiger partial charge in [0.15, 0.2) is 5.78 Å². The van der Waals surface area contributed by atoms with Crippen molar-refractivity contribution in [1.29, 1.82) is 0 Å². The number of rotatable bonds is 6. The summed E-state index contributed by atoms with van der Waals surface area (Å²) in [6.45, 7) is 1.02. The fraction of sp³-hybridized carbons (Fsp3) is 0.235. The molecule has 0 atom stereocenters. The minimum Gasteiger partial charge on any atom is -0.497 e. The highest BCUT2D eigenvalue weighted by Gasteiger charge is 2.10. The smallest absolute Gasteiger partial charge is 0.176 e. The second kappa shape index (κ2) is 7.25. The third kappa shape index (κ3) is 4.59. The van der Waals surface area contributed by atoms with Gasteiger partial charge in [0.25, 0.3) is 0 Å². The number of carbonyl (C=O) groups excluding carboxylic acids is 1. The summed E-state index contributed by atoms with van der Waals surface area (Å²) in [5.41, 5.74) is 1.75. The average molecular weight is 304 g/mol. The van der Waals surface area contributed by atoms with Crippen LogP contribution in [0.3, 0.4) is 0 Å². The van der Waals surface area contributed by atoms with Gasteiger partial charge in [-0.15, -0.1) is 0 Å². The maximum Gasteiger partial charge on any atom is 0.176 e. The molecular weight excluding hydrogens is 286 g/mol. The minimum atomic E-state index is 0.0680. The topological polar surface area (TPSA) is 29.5 Å². The Morgan fingerprint density at radius 3 is 2.67 bits per heavy atom. The molecule has 0 aliphatic heterocycles. The first-order valence-corrected chi connectivity index (χ1v) is 7.06. The van der Waals surface area contributed by atoms with E-state index in [0.29, 0.717) is 29.4 Å². The van der Waals surface area contributed by atoms with Gasteiger partial charge in [-0.05, 0) is 36.9 Å². The molecule has 0 unspecified atom stereocenters. The molecule has 0 saturated carbocycles. The Bertz CT molecular complexity index is 628. The van der Waals surface area contributed by atoms with Crippen molar-refractivity contribution < 1.29 is 9.53 Å². The largest absolute Gasteiger partial charge is 0.497 e. The van der Waals surface area contributed by atoms with Gasteiger partial charge in [-0.3, -0.25) is 9.69 Å². The van der Waals surface area contributed by atoms with Crippen LogP contribution in [0.1, 0.15) is 15.9 Å². The van der Waals surface area contributed by atoms with E-state index in [9.17, 15) is 4.79 Å². The number of halogens is 1. The van der Waals surface area contributed by atoms with E-state index in [1.807, 2.05) is 48.3 Å². The summed E-state index contributed by atoms with van der Waals surface area (Å²) in [4.78, 5) is 14.2. The standard InChI is InChI=1S/C17H18ClNO2/c1-19(11-13-5-3-7-15(18)9-13)12-17(20)14-6-4-8-16(10-14)21-2/h3-10H,11-12H2,1-2H3. The number of benzene rings is 2. The molecular formula is C17H18ClNO2. The van der Waals surface area contributed by atoms with Gasteiger partial charge in [0, 0.05) is 17.1 Å². The molecule has 0 bridgehead atoms. The Morgan fingerprint density at radius 1 is 1.19 bits per heavy atom. The predicted molar refractivity (Wildman–Crippen MR) is 85.1 cm³/mol. The first-order chi connectivity index (χ1) is 10.1. The molecule has 0 N–H and O–H groups in total. The van der Waals surface area contributed by atoms with Crippen LogP contribution in [0.5, 0.6) is 5.75 Å². The first-order valence-electron chi connectivity index (χ1n) is 6.68. The molecule has 0 radical (unpaired) electrons. The molecule has 21 heavy (non-hydrogen) atoms. The number of hydrogen-bond acceptors (Lipinski definition) is 3. The summed E-state index contributed by atoms with van der Waals surface area (Å²) in [5.74, 6) is 0.761. The molecule has 0 spiro atoms. The van der Waals surface area contributed by atoms with Gasteiger partial charge >= 0.3 is 0 Å². The van der Waals surface area contributed by atoms with Crippen molar-refractivity contribution in [3.63, 3.8) is 0 Å². The highest BCUT2D eigenvalue weighted by atomic mass is 35.5. The lowest BCUT2D eigenvalue weighted by molar-refractivity contribution is 0.0942. The monoisotopic (exact) mass is 303 g/mol. The summed E-state index contributed by atoms with van der Waals surface area (Å²) in [7, 11) is 3.51. The molecule has 0 aliphatic carbocycles. The van der Waals surface area contributed by atoms with Gasteiger partial charge < -0.3 is 4.74 Å². The average Bonchev–Trinajstić information content (AvgIpc) is 2.47. The van der Waals surface area contributed by atoms with Crippen LogP contribution in [-0.2, 0) is 6.54 Å². The lowest BCUT2D eigenvalue weighted by atomic mass is 10.1. The van der Waals surface area contributed by atoms with Crippen LogP contribution in [0.15, 0.2) is 48.5 Å². The van der Waals surface area contributed by atoms with Gasteiger partial charge in [0.05, 0.1) is 13.7 Å². The Hall–Kier alpha value is -1.84. The zero-order valence-electron chi connectivity index (χ0n) is 12.2. The number of carbonyl (C=O) groups is 1. The highest BCUT2D eigenvalue weighted by Crippen LogP contribution is 2.15. The first kappa shape index (κ1) is 15.5. The molecule has 110 valence electrons. The van der Waals surface area contributed by atoms with E-state index < -0.39 is 0 Å². The van der Waals surface area contributed by atoms with Crippen LogP contribution < -0.4 is 4.74 Å². The lowest BCUT2D eigenvalue weighted by Crippen LogP contribution is -2.25. The van der Waals surface area contributed by atoms with Gasteiger partial charge in [-0.1, -0.05) is 35.9 Å². The second-order valence-electron chi connectivity index (χ2n) is 4.96. The molecule has 0 aromatic heterocycles. The van der Waals surface area contributed by atoms with Gasteiger partial charge in [-0.2, -0.15) is 0 Å². The number of methoxy groups -OCH3 is 1. The van der Waals surface area contributed by atoms with Crippen molar-refractivity contribution >= 4 is 17.4 Å². The highest BCUT2D eigenvalue weighted by molar-refractivity contribution is 6.30. The van der Waals surface area contributed by atoms with Crippen molar-refractivity contribution in [2.75, 3.05) is 20.7 Å². The van der Waals surface area contributed by atoms with Crippen LogP contribution in [-0.4, -0.2) is 31.4 Å². The summed E-state index contributed by atoms with van der Waals surface area (Å²) < 4.78 is 5.14. The quantitative estimate of drug-likeness (QED) is 0.763. The lowest BCUT2D eigenvalue weighted by Gasteiger charge is -2.16. The Kier molecular flexibility index (Phi) is 5.37. The van der Waals surface area contributed by atoms with Crippen LogP contribution in [0.25, 0.3) is 0 Å². The van der Waals surface area contributed by atoms with E-state index in [-0.39, 0.29) is 5.78 Å². The van der Waals surface area contributed by atoms with Crippen molar-refractivity contribution in [3.8, 4) is 5.75 Å². The van der Waals surface area contributed by atoms with E-state index in [1.54, 1.807) is 19.2 Å². The van der Waals surface area contributed by atoms with Crippen molar-refractivity contribution in [1.82, 2.24) is 4.90 Å². The predicted octanol–water partition coefficient (Wildman–Crippen LogP) is 3.66. The summed E-state index contributed by atoms with van der Waals surface area (Å²) in [6.07, 6.45) is 0. The number of hydrogen-bond donors (Lipinski definition) is 0. The number of likely N-dealkylation sites (N-methyl/N-ethyl adjacent to an activating group) is 1. The van der Waals surface area contributed by atoms with Gasteiger partial charge in [-0.25, -0.2) is 0 Å². The maximum absolute atomic E-state index is 12.3. The molecule has 0 aliphatic rings. The number of nitrogens with zero attached hydrogens (tertiary/aromatic N) is 1. The van der Waals surface area contributed by atoms with Crippen LogP contribution >= 0.6 is 11.6 Å². The van der Waals surface area contributed by atoms with Crippen molar-refractivity contribution in [3.05, 3.63) is 64.7 Å². The van der Waals surface area contributed by atoms with Gasteiger partial charge in [0.1, 0.15) is 5.75 Å². The molecule has 0 heterocycles. The summed E-state index contributed by atoms with van der Waals surface area (Å²) in [6, 6.07) is 14.9. The van der Waals surface area contributed by atoms with Crippen LogP contribution in [0, 0.1) is 0 Å². The minimum absolute atomic E-state index is 0.0680. The van der Waals surface area contributed by atoms with E-state index in [1.165, 1.54) is 0 Å². The van der Waals surface area contributed by atoms with E-state index in [0.717, 1.165) is 5.56 Å². The molecule has 2 aromatic carbocycles. The second-order valence-corrected chi connectivity index (χ2v) is 5.39. The van der Waals surface area contributed by atoms with E-state index in [4.69, 9.17) is 16.3 Å². The van der Waals surface area contributed by atoms with E-state index >= 15 is 0 Å².